The molecule has 8 heteroatoms. The molecular weight excluding hydrogens is 465 g/mol. The number of aliphatic carboxylic acids is 1. The third-order valence-corrected chi connectivity index (χ3v) is 7.84. The highest BCUT2D eigenvalue weighted by molar-refractivity contribution is 7.99. The second-order valence-corrected chi connectivity index (χ2v) is 10.2. The second-order valence-electron chi connectivity index (χ2n) is 9.07. The molecule has 2 aromatic heterocycles. The zero-order valence-corrected chi connectivity index (χ0v) is 20.8. The standard InChI is InChI=1S/C27H32FN3O3S/c1-34-21-3-5-26-24(17-21)23(8-12-30-26)25(28)4-2-19-9-13-31(18-20(19)16-27(32)33)14-15-35-22-6-10-29-11-7-22/h3,5-8,10-12,17,19-20,25H,2,4,9,13-16,18H2,1H3,(H,32,33)/t19-,20+,25-/m1/s1. The number of likely N-dealkylation sites (tertiary alicyclic amines) is 1. The van der Waals surface area contributed by atoms with Crippen LogP contribution in [0, 0.1) is 11.8 Å². The van der Waals surface area contributed by atoms with Crippen molar-refractivity contribution in [3.05, 3.63) is 60.6 Å². The fourth-order valence-corrected chi connectivity index (χ4v) is 5.88. The molecule has 1 aliphatic heterocycles. The zero-order chi connectivity index (χ0) is 24.6. The molecule has 3 aromatic rings. The zero-order valence-electron chi connectivity index (χ0n) is 20.0. The van der Waals surface area contributed by atoms with Gasteiger partial charge in [0, 0.05) is 54.1 Å². The molecule has 0 saturated carbocycles. The molecule has 0 radical (unpaired) electrons. The quantitative estimate of drug-likeness (QED) is 0.344. The van der Waals surface area contributed by atoms with Crippen molar-refractivity contribution in [2.24, 2.45) is 11.8 Å². The molecule has 4 rings (SSSR count). The summed E-state index contributed by atoms with van der Waals surface area (Å²) in [6.45, 7) is 2.58. The average Bonchev–Trinajstić information content (AvgIpc) is 2.87. The van der Waals surface area contributed by atoms with Crippen molar-refractivity contribution in [2.75, 3.05) is 32.5 Å². The average molecular weight is 498 g/mol. The van der Waals surface area contributed by atoms with Crippen LogP contribution in [0.2, 0.25) is 0 Å². The number of hydrogen-bond donors (Lipinski definition) is 1. The lowest BCUT2D eigenvalue weighted by Crippen LogP contribution is -2.42. The number of thioether (sulfide) groups is 1. The number of carboxylic acid groups (broad SMARTS) is 1. The number of rotatable bonds is 11. The Kier molecular flexibility index (Phi) is 8.93. The van der Waals surface area contributed by atoms with Crippen LogP contribution in [-0.2, 0) is 4.79 Å². The van der Waals surface area contributed by atoms with Crippen LogP contribution < -0.4 is 4.74 Å². The molecule has 1 aliphatic rings. The SMILES string of the molecule is COc1ccc2nccc([C@H](F)CC[C@@H]3CCN(CCSc4ccncc4)C[C@@H]3CC(=O)O)c2c1. The van der Waals surface area contributed by atoms with Crippen LogP contribution in [0.3, 0.4) is 0 Å². The summed E-state index contributed by atoms with van der Waals surface area (Å²) in [5.41, 5.74) is 1.36. The van der Waals surface area contributed by atoms with E-state index in [0.717, 1.165) is 42.7 Å². The van der Waals surface area contributed by atoms with Crippen LogP contribution in [0.15, 0.2) is 59.9 Å². The molecule has 35 heavy (non-hydrogen) atoms. The van der Waals surface area contributed by atoms with E-state index in [-0.39, 0.29) is 18.3 Å². The van der Waals surface area contributed by atoms with Crippen LogP contribution in [0.1, 0.15) is 37.4 Å². The molecular formula is C27H32FN3O3S. The minimum atomic E-state index is -1.13. The van der Waals surface area contributed by atoms with Gasteiger partial charge in [0.05, 0.1) is 12.6 Å². The number of alkyl halides is 1. The number of carbonyl (C=O) groups is 1. The highest BCUT2D eigenvalue weighted by Crippen LogP contribution is 2.36. The molecule has 186 valence electrons. The Morgan fingerprint density at radius 2 is 2.06 bits per heavy atom. The molecule has 1 saturated heterocycles. The van der Waals surface area contributed by atoms with Gasteiger partial charge in [-0.2, -0.15) is 0 Å². The number of carboxylic acids is 1. The number of nitrogens with zero attached hydrogens (tertiary/aromatic N) is 3. The van der Waals surface area contributed by atoms with Gasteiger partial charge in [0.1, 0.15) is 11.9 Å². The summed E-state index contributed by atoms with van der Waals surface area (Å²) in [5, 5.41) is 10.3. The molecule has 6 nitrogen and oxygen atoms in total. The lowest BCUT2D eigenvalue weighted by molar-refractivity contribution is -0.139. The second kappa shape index (κ2) is 12.3. The lowest BCUT2D eigenvalue weighted by atomic mass is 9.79. The Morgan fingerprint density at radius 1 is 1.23 bits per heavy atom. The van der Waals surface area contributed by atoms with Crippen molar-refractivity contribution >= 4 is 28.6 Å². The Balaban J connectivity index is 1.35. The summed E-state index contributed by atoms with van der Waals surface area (Å²) >= 11 is 1.78. The number of ether oxygens (including phenoxy) is 1. The van der Waals surface area contributed by atoms with Gasteiger partial charge in [-0.15, -0.1) is 11.8 Å². The molecule has 0 spiro atoms. The molecule has 1 fully saturated rings. The van der Waals surface area contributed by atoms with Crippen molar-refractivity contribution in [1.29, 1.82) is 0 Å². The fourth-order valence-electron chi connectivity index (χ4n) is 4.98. The van der Waals surface area contributed by atoms with Crippen molar-refractivity contribution < 1.29 is 19.0 Å². The fraction of sp³-hybridized carbons (Fsp3) is 0.444. The van der Waals surface area contributed by atoms with E-state index in [1.807, 2.05) is 30.3 Å². The van der Waals surface area contributed by atoms with Gasteiger partial charge in [0.15, 0.2) is 0 Å². The van der Waals surface area contributed by atoms with Crippen LogP contribution in [0.25, 0.3) is 10.9 Å². The normalized spacial score (nSPS) is 19.5. The van der Waals surface area contributed by atoms with E-state index in [1.54, 1.807) is 43.5 Å². The highest BCUT2D eigenvalue weighted by Gasteiger charge is 2.31. The van der Waals surface area contributed by atoms with Crippen LogP contribution >= 0.6 is 11.8 Å². The molecule has 0 unspecified atom stereocenters. The number of benzene rings is 1. The molecule has 3 heterocycles. The van der Waals surface area contributed by atoms with E-state index in [4.69, 9.17) is 4.74 Å². The Hall–Kier alpha value is -2.71. The third kappa shape index (κ3) is 6.92. The molecule has 1 N–H and O–H groups in total. The summed E-state index contributed by atoms with van der Waals surface area (Å²) < 4.78 is 20.8. The molecule has 3 atom stereocenters. The number of methoxy groups -OCH3 is 1. The summed E-state index contributed by atoms with van der Waals surface area (Å²) in [4.78, 5) is 23.5. The summed E-state index contributed by atoms with van der Waals surface area (Å²) in [6.07, 6.45) is 6.17. The smallest absolute Gasteiger partial charge is 0.303 e. The number of halogens is 1. The van der Waals surface area contributed by atoms with E-state index in [0.29, 0.717) is 24.2 Å². The Morgan fingerprint density at radius 3 is 2.83 bits per heavy atom. The van der Waals surface area contributed by atoms with E-state index in [9.17, 15) is 9.90 Å². The molecule has 1 aromatic carbocycles. The van der Waals surface area contributed by atoms with Crippen LogP contribution in [-0.4, -0.2) is 58.4 Å². The minimum Gasteiger partial charge on any atom is -0.497 e. The summed E-state index contributed by atoms with van der Waals surface area (Å²) in [6, 6.07) is 11.2. The molecule has 0 amide bonds. The summed E-state index contributed by atoms with van der Waals surface area (Å²) in [5.74, 6) is 1.08. The van der Waals surface area contributed by atoms with Gasteiger partial charge in [-0.3, -0.25) is 14.8 Å². The molecule has 0 aliphatic carbocycles. The van der Waals surface area contributed by atoms with Crippen molar-refractivity contribution in [3.63, 3.8) is 0 Å². The van der Waals surface area contributed by atoms with E-state index in [2.05, 4.69) is 14.9 Å². The van der Waals surface area contributed by atoms with Gasteiger partial charge in [0.25, 0.3) is 0 Å². The predicted molar refractivity (Wildman–Crippen MR) is 137 cm³/mol. The maximum absolute atomic E-state index is 15.4. The number of fused-ring (bicyclic) bond motifs is 1. The maximum Gasteiger partial charge on any atom is 0.303 e. The monoisotopic (exact) mass is 497 g/mol. The first kappa shape index (κ1) is 25.4. The van der Waals surface area contributed by atoms with Crippen LogP contribution in [0.5, 0.6) is 5.75 Å². The van der Waals surface area contributed by atoms with E-state index in [1.165, 1.54) is 4.90 Å². The van der Waals surface area contributed by atoms with Gasteiger partial charge in [-0.05, 0) is 79.6 Å². The van der Waals surface area contributed by atoms with Gasteiger partial charge in [-0.25, -0.2) is 4.39 Å². The first-order valence-corrected chi connectivity index (χ1v) is 13.1. The van der Waals surface area contributed by atoms with Crippen LogP contribution in [0.4, 0.5) is 4.39 Å². The van der Waals surface area contributed by atoms with E-state index >= 15 is 4.39 Å². The number of aromatic nitrogens is 2. The first-order valence-electron chi connectivity index (χ1n) is 12.1. The minimum absolute atomic E-state index is 0.0358. The van der Waals surface area contributed by atoms with Gasteiger partial charge < -0.3 is 14.7 Å². The number of piperidine rings is 1. The summed E-state index contributed by atoms with van der Waals surface area (Å²) in [7, 11) is 1.59. The van der Waals surface area contributed by atoms with Gasteiger partial charge in [0.2, 0.25) is 0 Å². The van der Waals surface area contributed by atoms with Crippen molar-refractivity contribution in [3.8, 4) is 5.75 Å². The van der Waals surface area contributed by atoms with Gasteiger partial charge in [-0.1, -0.05) is 0 Å². The maximum atomic E-state index is 15.4. The predicted octanol–water partition coefficient (Wildman–Crippen LogP) is 5.63. The lowest BCUT2D eigenvalue weighted by Gasteiger charge is -2.38. The number of hydrogen-bond acceptors (Lipinski definition) is 6. The van der Waals surface area contributed by atoms with E-state index < -0.39 is 12.1 Å². The molecule has 0 bridgehead atoms. The Bertz CT molecular complexity index is 1120. The van der Waals surface area contributed by atoms with Crippen molar-refractivity contribution in [1.82, 2.24) is 14.9 Å². The topological polar surface area (TPSA) is 75.5 Å². The van der Waals surface area contributed by atoms with Gasteiger partial charge >= 0.3 is 5.97 Å². The third-order valence-electron chi connectivity index (χ3n) is 6.85. The first-order chi connectivity index (χ1) is 17.0. The Labute approximate surface area is 209 Å². The highest BCUT2D eigenvalue weighted by atomic mass is 32.2. The largest absolute Gasteiger partial charge is 0.497 e. The van der Waals surface area contributed by atoms with Crippen molar-refractivity contribution in [2.45, 2.75) is 36.8 Å². The number of pyridine rings is 2.